The van der Waals surface area contributed by atoms with Crippen molar-refractivity contribution in [3.05, 3.63) is 31.9 Å². The van der Waals surface area contributed by atoms with Crippen LogP contribution in [0.15, 0.2) is 9.70 Å². The molecule has 3 heterocycles. The standard InChI is InChI=1S/C21H26N4O2S2/c1-5-13(2)25-20(27)17(29-21(25)28)11-15-14(3)16(12-22)19(26)23(4)18(15)24-9-7-6-8-10-24/h11,13H,5-10H2,1-4H3/b17-11+/t13-/m0/s1. The van der Waals surface area contributed by atoms with E-state index in [2.05, 4.69) is 4.90 Å². The Kier molecular flexibility index (Phi) is 6.49. The minimum atomic E-state index is -0.296. The summed E-state index contributed by atoms with van der Waals surface area (Å²) in [7, 11) is 1.70. The normalized spacial score (nSPS) is 19.8. The van der Waals surface area contributed by atoms with Crippen molar-refractivity contribution < 1.29 is 4.79 Å². The maximum atomic E-state index is 13.0. The molecule has 0 unspecified atom stereocenters. The highest BCUT2D eigenvalue weighted by Gasteiger charge is 2.35. The van der Waals surface area contributed by atoms with E-state index in [9.17, 15) is 14.9 Å². The van der Waals surface area contributed by atoms with Crippen LogP contribution in [0.25, 0.3) is 6.08 Å². The number of carbonyl (C=O) groups is 1. The summed E-state index contributed by atoms with van der Waals surface area (Å²) in [5, 5.41) is 9.55. The van der Waals surface area contributed by atoms with E-state index in [1.165, 1.54) is 18.2 Å². The van der Waals surface area contributed by atoms with Gasteiger partial charge < -0.3 is 4.90 Å². The average Bonchev–Trinajstić information content (AvgIpc) is 3.00. The van der Waals surface area contributed by atoms with Gasteiger partial charge >= 0.3 is 0 Å². The average molecular weight is 431 g/mol. The van der Waals surface area contributed by atoms with Gasteiger partial charge in [0.1, 0.15) is 21.8 Å². The van der Waals surface area contributed by atoms with Crippen LogP contribution in [-0.4, -0.2) is 38.8 Å². The van der Waals surface area contributed by atoms with Gasteiger partial charge in [-0.3, -0.25) is 19.1 Å². The largest absolute Gasteiger partial charge is 0.357 e. The predicted octanol–water partition coefficient (Wildman–Crippen LogP) is 3.56. The van der Waals surface area contributed by atoms with Crippen LogP contribution in [0.1, 0.15) is 56.2 Å². The van der Waals surface area contributed by atoms with Gasteiger partial charge in [0.25, 0.3) is 11.5 Å². The number of aromatic nitrogens is 1. The molecule has 154 valence electrons. The van der Waals surface area contributed by atoms with Gasteiger partial charge in [-0.25, -0.2) is 0 Å². The van der Waals surface area contributed by atoms with E-state index in [0.717, 1.165) is 43.7 Å². The number of nitriles is 1. The molecule has 2 aliphatic rings. The van der Waals surface area contributed by atoms with Gasteiger partial charge in [0.05, 0.1) is 4.91 Å². The Labute approximate surface area is 181 Å². The lowest BCUT2D eigenvalue weighted by atomic mass is 10.0. The Balaban J connectivity index is 2.18. The maximum Gasteiger partial charge on any atom is 0.270 e. The molecule has 6 nitrogen and oxygen atoms in total. The third kappa shape index (κ3) is 3.86. The SMILES string of the molecule is CC[C@H](C)N1C(=O)/C(=C\c2c(C)c(C#N)c(=O)n(C)c2N2CCCCC2)SC1=S. The Morgan fingerprint density at radius 3 is 2.52 bits per heavy atom. The number of amides is 1. The van der Waals surface area contributed by atoms with Crippen molar-refractivity contribution in [3.63, 3.8) is 0 Å². The molecular weight excluding hydrogens is 404 g/mol. The number of rotatable bonds is 4. The highest BCUT2D eigenvalue weighted by Crippen LogP contribution is 2.37. The van der Waals surface area contributed by atoms with Crippen LogP contribution < -0.4 is 10.5 Å². The fraction of sp³-hybridized carbons (Fsp3) is 0.524. The maximum absolute atomic E-state index is 13.0. The molecule has 2 aliphatic heterocycles. The molecule has 1 aromatic heterocycles. The first-order valence-corrected chi connectivity index (χ1v) is 11.2. The number of hydrogen-bond donors (Lipinski definition) is 0. The van der Waals surface area contributed by atoms with Crippen LogP contribution in [0.3, 0.4) is 0 Å². The lowest BCUT2D eigenvalue weighted by Gasteiger charge is -2.32. The lowest BCUT2D eigenvalue weighted by Crippen LogP contribution is -2.37. The summed E-state index contributed by atoms with van der Waals surface area (Å²) < 4.78 is 2.11. The summed E-state index contributed by atoms with van der Waals surface area (Å²) in [5.74, 6) is 0.672. The molecule has 1 aromatic rings. The molecule has 0 radical (unpaired) electrons. The minimum absolute atomic E-state index is 0.0332. The first-order valence-electron chi connectivity index (χ1n) is 9.97. The van der Waals surface area contributed by atoms with E-state index in [0.29, 0.717) is 14.8 Å². The van der Waals surface area contributed by atoms with Crippen LogP contribution in [0, 0.1) is 18.3 Å². The van der Waals surface area contributed by atoms with Crippen LogP contribution >= 0.6 is 24.0 Å². The second-order valence-corrected chi connectivity index (χ2v) is 9.25. The van der Waals surface area contributed by atoms with Crippen molar-refractivity contribution >= 4 is 46.1 Å². The van der Waals surface area contributed by atoms with E-state index < -0.39 is 0 Å². The van der Waals surface area contributed by atoms with E-state index in [1.807, 2.05) is 26.0 Å². The second-order valence-electron chi connectivity index (χ2n) is 7.57. The van der Waals surface area contributed by atoms with Crippen molar-refractivity contribution in [2.24, 2.45) is 7.05 Å². The highest BCUT2D eigenvalue weighted by atomic mass is 32.2. The predicted molar refractivity (Wildman–Crippen MR) is 122 cm³/mol. The van der Waals surface area contributed by atoms with Gasteiger partial charge in [-0.2, -0.15) is 5.26 Å². The zero-order valence-electron chi connectivity index (χ0n) is 17.3. The molecule has 29 heavy (non-hydrogen) atoms. The monoisotopic (exact) mass is 430 g/mol. The minimum Gasteiger partial charge on any atom is -0.357 e. The molecule has 1 atom stereocenters. The number of anilines is 1. The first kappa shape index (κ1) is 21.6. The molecule has 0 saturated carbocycles. The fourth-order valence-corrected chi connectivity index (χ4v) is 5.32. The molecule has 8 heteroatoms. The van der Waals surface area contributed by atoms with E-state index in [-0.39, 0.29) is 23.1 Å². The number of nitrogens with zero attached hydrogens (tertiary/aromatic N) is 4. The van der Waals surface area contributed by atoms with Crippen molar-refractivity contribution in [2.45, 2.75) is 52.5 Å². The zero-order valence-corrected chi connectivity index (χ0v) is 19.0. The van der Waals surface area contributed by atoms with Crippen molar-refractivity contribution in [1.29, 1.82) is 5.26 Å². The summed E-state index contributed by atoms with van der Waals surface area (Å²) in [5.41, 5.74) is 1.20. The van der Waals surface area contributed by atoms with Gasteiger partial charge in [0.15, 0.2) is 0 Å². The van der Waals surface area contributed by atoms with Gasteiger partial charge in [0, 0.05) is 31.7 Å². The Bertz CT molecular complexity index is 984. The summed E-state index contributed by atoms with van der Waals surface area (Å²) in [6.45, 7) is 7.51. The van der Waals surface area contributed by atoms with Crippen LogP contribution in [0.4, 0.5) is 5.82 Å². The molecule has 3 rings (SSSR count). The van der Waals surface area contributed by atoms with Gasteiger partial charge in [-0.1, -0.05) is 30.9 Å². The summed E-state index contributed by atoms with van der Waals surface area (Å²) >= 11 is 6.74. The van der Waals surface area contributed by atoms with Crippen LogP contribution in [0.5, 0.6) is 0 Å². The Morgan fingerprint density at radius 2 is 1.93 bits per heavy atom. The van der Waals surface area contributed by atoms with Crippen molar-refractivity contribution in [1.82, 2.24) is 9.47 Å². The number of thiocarbonyl (C=S) groups is 1. The molecule has 1 amide bonds. The Morgan fingerprint density at radius 1 is 1.28 bits per heavy atom. The Hall–Kier alpha value is -2.11. The molecule has 2 saturated heterocycles. The second kappa shape index (κ2) is 8.72. The lowest BCUT2D eigenvalue weighted by molar-refractivity contribution is -0.123. The molecule has 0 N–H and O–H groups in total. The summed E-state index contributed by atoms with van der Waals surface area (Å²) in [4.78, 5) is 30.2. The summed E-state index contributed by atoms with van der Waals surface area (Å²) in [6, 6.07) is 2.08. The van der Waals surface area contributed by atoms with Crippen LogP contribution in [0.2, 0.25) is 0 Å². The molecule has 0 aromatic carbocycles. The van der Waals surface area contributed by atoms with Gasteiger partial charge in [-0.05, 0) is 51.2 Å². The molecule has 2 fully saturated rings. The first-order chi connectivity index (χ1) is 13.8. The number of piperidine rings is 1. The number of thioether (sulfide) groups is 1. The highest BCUT2D eigenvalue weighted by molar-refractivity contribution is 8.26. The van der Waals surface area contributed by atoms with Crippen LogP contribution in [-0.2, 0) is 11.8 Å². The van der Waals surface area contributed by atoms with E-state index in [1.54, 1.807) is 23.4 Å². The number of pyridine rings is 1. The molecule has 0 aliphatic carbocycles. The zero-order chi connectivity index (χ0) is 21.3. The number of carbonyl (C=O) groups excluding carboxylic acids is 1. The van der Waals surface area contributed by atoms with Gasteiger partial charge in [0.2, 0.25) is 0 Å². The number of hydrogen-bond acceptors (Lipinski definition) is 6. The summed E-state index contributed by atoms with van der Waals surface area (Å²) in [6.07, 6.45) is 5.92. The third-order valence-electron chi connectivity index (χ3n) is 5.75. The van der Waals surface area contributed by atoms with E-state index in [4.69, 9.17) is 12.2 Å². The molecule has 0 spiro atoms. The van der Waals surface area contributed by atoms with Crippen molar-refractivity contribution in [2.75, 3.05) is 18.0 Å². The topological polar surface area (TPSA) is 69.3 Å². The van der Waals surface area contributed by atoms with Gasteiger partial charge in [-0.15, -0.1) is 0 Å². The quantitative estimate of drug-likeness (QED) is 0.537. The van der Waals surface area contributed by atoms with Crippen molar-refractivity contribution in [3.8, 4) is 6.07 Å². The third-order valence-corrected chi connectivity index (χ3v) is 7.08. The fourth-order valence-electron chi connectivity index (χ4n) is 3.87. The van der Waals surface area contributed by atoms with E-state index >= 15 is 0 Å². The molecular formula is C21H26N4O2S2. The molecule has 0 bridgehead atoms. The smallest absolute Gasteiger partial charge is 0.270 e.